The molecule has 0 saturated carbocycles. The lowest BCUT2D eigenvalue weighted by Gasteiger charge is -2.11. The van der Waals surface area contributed by atoms with Crippen molar-refractivity contribution in [2.24, 2.45) is 0 Å². The molecule has 0 radical (unpaired) electrons. The van der Waals surface area contributed by atoms with E-state index in [0.29, 0.717) is 23.7 Å². The Morgan fingerprint density at radius 3 is 2.61 bits per heavy atom. The van der Waals surface area contributed by atoms with Crippen LogP contribution in [0.4, 0.5) is 11.4 Å². The highest BCUT2D eigenvalue weighted by Gasteiger charge is 2.10. The Morgan fingerprint density at radius 1 is 1.33 bits per heavy atom. The van der Waals surface area contributed by atoms with E-state index >= 15 is 0 Å². The monoisotopic (exact) mass is 275 g/mol. The zero-order valence-electron chi connectivity index (χ0n) is 10.3. The molecular weight excluding hydrogens is 258 g/mol. The summed E-state index contributed by atoms with van der Waals surface area (Å²) in [6, 6.07) is 4.63. The minimum absolute atomic E-state index is 0.192. The van der Waals surface area contributed by atoms with Gasteiger partial charge in [-0.3, -0.25) is 4.72 Å². The number of hydrogen-bond donors (Lipinski definition) is 3. The molecule has 7 nitrogen and oxygen atoms in total. The second-order valence-corrected chi connectivity index (χ2v) is 4.95. The maximum Gasteiger partial charge on any atom is 0.299 e. The first kappa shape index (κ1) is 14.6. The molecule has 0 saturated heterocycles. The smallest absolute Gasteiger partial charge is 0.299 e. The zero-order valence-corrected chi connectivity index (χ0v) is 11.1. The summed E-state index contributed by atoms with van der Waals surface area (Å²) in [7, 11) is -0.640. The topological polar surface area (TPSA) is 103 Å². The standard InChI is InChI=1S/C10H17N3O4S/c1-16-6-5-12-18(14,15)13-8-3-4-10(17-2)9(11)7-8/h3-4,7,12-13H,5-6,11H2,1-2H3. The zero-order chi connectivity index (χ0) is 13.6. The molecule has 8 heteroatoms. The number of nitrogens with two attached hydrogens (primary N) is 1. The Balaban J connectivity index is 2.69. The van der Waals surface area contributed by atoms with Gasteiger partial charge in [0.1, 0.15) is 5.75 Å². The van der Waals surface area contributed by atoms with Crippen molar-refractivity contribution in [1.29, 1.82) is 0 Å². The van der Waals surface area contributed by atoms with Crippen molar-refractivity contribution in [2.75, 3.05) is 37.8 Å². The summed E-state index contributed by atoms with van der Waals surface area (Å²) in [6.07, 6.45) is 0. The van der Waals surface area contributed by atoms with E-state index in [0.717, 1.165) is 0 Å². The van der Waals surface area contributed by atoms with Gasteiger partial charge in [-0.05, 0) is 18.2 Å². The molecule has 4 N–H and O–H groups in total. The molecule has 102 valence electrons. The molecule has 1 aromatic carbocycles. The molecule has 0 amide bonds. The minimum atomic E-state index is -3.62. The predicted molar refractivity (Wildman–Crippen MR) is 69.8 cm³/mol. The largest absolute Gasteiger partial charge is 0.495 e. The third-order valence-corrected chi connectivity index (χ3v) is 3.17. The lowest BCUT2D eigenvalue weighted by molar-refractivity contribution is 0.204. The average Bonchev–Trinajstić information content (AvgIpc) is 2.29. The highest BCUT2D eigenvalue weighted by molar-refractivity contribution is 7.90. The molecule has 0 fully saturated rings. The van der Waals surface area contributed by atoms with Crippen molar-refractivity contribution in [2.45, 2.75) is 0 Å². The van der Waals surface area contributed by atoms with Gasteiger partial charge in [-0.2, -0.15) is 13.1 Å². The van der Waals surface area contributed by atoms with Crippen LogP contribution in [0, 0.1) is 0 Å². The van der Waals surface area contributed by atoms with Gasteiger partial charge in [-0.1, -0.05) is 0 Å². The van der Waals surface area contributed by atoms with Crippen molar-refractivity contribution in [1.82, 2.24) is 4.72 Å². The Morgan fingerprint density at radius 2 is 2.06 bits per heavy atom. The lowest BCUT2D eigenvalue weighted by atomic mass is 10.2. The predicted octanol–water partition coefficient (Wildman–Crippen LogP) is 0.170. The number of methoxy groups -OCH3 is 2. The van der Waals surface area contributed by atoms with Crippen LogP contribution in [0.1, 0.15) is 0 Å². The highest BCUT2D eigenvalue weighted by atomic mass is 32.2. The summed E-state index contributed by atoms with van der Waals surface area (Å²) < 4.78 is 37.6. The van der Waals surface area contributed by atoms with Crippen LogP contribution in [0.25, 0.3) is 0 Å². The number of ether oxygens (including phenoxy) is 2. The van der Waals surface area contributed by atoms with Gasteiger partial charge in [-0.25, -0.2) is 0 Å². The molecule has 0 aromatic heterocycles. The van der Waals surface area contributed by atoms with E-state index in [1.54, 1.807) is 12.1 Å². The Kier molecular flexibility index (Phi) is 5.20. The van der Waals surface area contributed by atoms with Crippen LogP contribution in [-0.4, -0.2) is 35.8 Å². The maximum absolute atomic E-state index is 11.6. The van der Waals surface area contributed by atoms with Crippen LogP contribution in [0.2, 0.25) is 0 Å². The van der Waals surface area contributed by atoms with E-state index in [1.165, 1.54) is 20.3 Å². The van der Waals surface area contributed by atoms with Gasteiger partial charge in [0.05, 0.1) is 25.1 Å². The maximum atomic E-state index is 11.6. The summed E-state index contributed by atoms with van der Waals surface area (Å²) in [6.45, 7) is 0.489. The van der Waals surface area contributed by atoms with Gasteiger partial charge >= 0.3 is 0 Å². The van der Waals surface area contributed by atoms with Crippen molar-refractivity contribution in [3.63, 3.8) is 0 Å². The number of nitrogens with one attached hydrogen (secondary N) is 2. The molecule has 0 atom stereocenters. The van der Waals surface area contributed by atoms with E-state index in [4.69, 9.17) is 15.2 Å². The molecule has 0 aliphatic carbocycles. The molecule has 0 spiro atoms. The number of hydrogen-bond acceptors (Lipinski definition) is 5. The van der Waals surface area contributed by atoms with Crippen molar-refractivity contribution >= 4 is 21.6 Å². The molecule has 1 aromatic rings. The molecule has 0 unspecified atom stereocenters. The normalized spacial score (nSPS) is 11.2. The van der Waals surface area contributed by atoms with Crippen molar-refractivity contribution in [3.8, 4) is 5.75 Å². The van der Waals surface area contributed by atoms with Crippen LogP contribution in [-0.2, 0) is 14.9 Å². The third-order valence-electron chi connectivity index (χ3n) is 2.08. The van der Waals surface area contributed by atoms with E-state index in [-0.39, 0.29) is 6.54 Å². The highest BCUT2D eigenvalue weighted by Crippen LogP contribution is 2.24. The fraction of sp³-hybridized carbons (Fsp3) is 0.400. The van der Waals surface area contributed by atoms with Crippen LogP contribution >= 0.6 is 0 Å². The number of benzene rings is 1. The van der Waals surface area contributed by atoms with Gasteiger partial charge in [0.25, 0.3) is 10.2 Å². The van der Waals surface area contributed by atoms with E-state index in [2.05, 4.69) is 9.44 Å². The molecule has 0 aliphatic heterocycles. The van der Waals surface area contributed by atoms with Gasteiger partial charge in [0.2, 0.25) is 0 Å². The van der Waals surface area contributed by atoms with Gasteiger partial charge in [0, 0.05) is 13.7 Å². The van der Waals surface area contributed by atoms with Gasteiger partial charge < -0.3 is 15.2 Å². The second-order valence-electron chi connectivity index (χ2n) is 3.45. The SMILES string of the molecule is COCCNS(=O)(=O)Nc1ccc(OC)c(N)c1. The Hall–Kier alpha value is -1.51. The Bertz CT molecular complexity index is 490. The summed E-state index contributed by atoms with van der Waals surface area (Å²) in [4.78, 5) is 0. The lowest BCUT2D eigenvalue weighted by Crippen LogP contribution is -2.32. The number of nitrogen functional groups attached to an aromatic ring is 1. The van der Waals surface area contributed by atoms with Crippen LogP contribution < -0.4 is 19.9 Å². The fourth-order valence-corrected chi connectivity index (χ4v) is 2.13. The second kappa shape index (κ2) is 6.43. The molecule has 0 heterocycles. The first-order chi connectivity index (χ1) is 8.48. The van der Waals surface area contributed by atoms with Crippen molar-refractivity contribution in [3.05, 3.63) is 18.2 Å². The number of rotatable bonds is 7. The van der Waals surface area contributed by atoms with Crippen molar-refractivity contribution < 1.29 is 17.9 Å². The summed E-state index contributed by atoms with van der Waals surface area (Å²) >= 11 is 0. The van der Waals surface area contributed by atoms with Crippen LogP contribution in [0.15, 0.2) is 18.2 Å². The van der Waals surface area contributed by atoms with Crippen LogP contribution in [0.3, 0.4) is 0 Å². The first-order valence-corrected chi connectivity index (χ1v) is 6.66. The van der Waals surface area contributed by atoms with E-state index < -0.39 is 10.2 Å². The summed E-state index contributed by atoms with van der Waals surface area (Å²) in [5, 5.41) is 0. The average molecular weight is 275 g/mol. The quantitative estimate of drug-likeness (QED) is 0.486. The molecular formula is C10H17N3O4S. The summed E-state index contributed by atoms with van der Waals surface area (Å²) in [5.41, 5.74) is 6.39. The molecule has 0 bridgehead atoms. The van der Waals surface area contributed by atoms with Crippen LogP contribution in [0.5, 0.6) is 5.75 Å². The summed E-state index contributed by atoms with van der Waals surface area (Å²) in [5.74, 6) is 0.491. The number of anilines is 2. The molecule has 18 heavy (non-hydrogen) atoms. The van der Waals surface area contributed by atoms with E-state index in [1.807, 2.05) is 0 Å². The van der Waals surface area contributed by atoms with Gasteiger partial charge in [0.15, 0.2) is 0 Å². The van der Waals surface area contributed by atoms with Gasteiger partial charge in [-0.15, -0.1) is 0 Å². The minimum Gasteiger partial charge on any atom is -0.495 e. The Labute approximate surface area is 106 Å². The first-order valence-electron chi connectivity index (χ1n) is 5.18. The fourth-order valence-electron chi connectivity index (χ4n) is 1.27. The van der Waals surface area contributed by atoms with E-state index in [9.17, 15) is 8.42 Å². The molecule has 1 rings (SSSR count). The third kappa shape index (κ3) is 4.40. The molecule has 0 aliphatic rings.